The van der Waals surface area contributed by atoms with Crippen molar-refractivity contribution < 1.29 is 9.84 Å². The third-order valence-corrected chi connectivity index (χ3v) is 3.91. The Kier molecular flexibility index (Phi) is 2.72. The highest BCUT2D eigenvalue weighted by molar-refractivity contribution is 5.17. The first-order valence-corrected chi connectivity index (χ1v) is 6.39. The van der Waals surface area contributed by atoms with E-state index in [1.165, 1.54) is 10.8 Å². The molecule has 1 aromatic rings. The molecule has 6 heteroatoms. The van der Waals surface area contributed by atoms with Gasteiger partial charge < -0.3 is 9.84 Å². The van der Waals surface area contributed by atoms with Crippen LogP contribution in [0.1, 0.15) is 31.1 Å². The highest BCUT2D eigenvalue weighted by atomic mass is 16.5. The Morgan fingerprint density at radius 3 is 3.00 bits per heavy atom. The molecule has 3 rings (SSSR count). The Balaban J connectivity index is 1.95. The summed E-state index contributed by atoms with van der Waals surface area (Å²) < 4.78 is 7.20. The van der Waals surface area contributed by atoms with E-state index < -0.39 is 23.6 Å². The number of H-pyrrole nitrogens is 1. The minimum absolute atomic E-state index is 0.390. The maximum atomic E-state index is 11.8. The Morgan fingerprint density at radius 2 is 2.32 bits per heavy atom. The molecular weight excluding hydrogens is 248 g/mol. The first-order chi connectivity index (χ1) is 9.02. The van der Waals surface area contributed by atoms with Crippen LogP contribution in [0.3, 0.4) is 0 Å². The number of ether oxygens (including phenoxy) is 1. The van der Waals surface area contributed by atoms with Gasteiger partial charge in [-0.25, -0.2) is 4.79 Å². The average molecular weight is 264 g/mol. The molecule has 1 fully saturated rings. The summed E-state index contributed by atoms with van der Waals surface area (Å²) >= 11 is 0. The number of hydrogen-bond donors (Lipinski definition) is 2. The first-order valence-electron chi connectivity index (χ1n) is 6.39. The second-order valence-corrected chi connectivity index (χ2v) is 5.21. The summed E-state index contributed by atoms with van der Waals surface area (Å²) in [6, 6.07) is 0. The zero-order chi connectivity index (χ0) is 13.6. The molecule has 1 spiro atoms. The van der Waals surface area contributed by atoms with Gasteiger partial charge in [0.1, 0.15) is 5.60 Å². The van der Waals surface area contributed by atoms with Gasteiger partial charge in [-0.3, -0.25) is 14.3 Å². The van der Waals surface area contributed by atoms with Crippen molar-refractivity contribution in [2.45, 2.75) is 44.1 Å². The van der Waals surface area contributed by atoms with E-state index >= 15 is 0 Å². The van der Waals surface area contributed by atoms with E-state index in [2.05, 4.69) is 4.98 Å². The average Bonchev–Trinajstić information content (AvgIpc) is 2.94. The van der Waals surface area contributed by atoms with Crippen LogP contribution in [0.25, 0.3) is 0 Å². The molecule has 0 saturated heterocycles. The van der Waals surface area contributed by atoms with E-state index in [1.807, 2.05) is 6.08 Å². The molecule has 0 aromatic carbocycles. The predicted molar refractivity (Wildman–Crippen MR) is 67.9 cm³/mol. The van der Waals surface area contributed by atoms with Gasteiger partial charge in [0.25, 0.3) is 5.56 Å². The topological polar surface area (TPSA) is 84.3 Å². The van der Waals surface area contributed by atoms with Gasteiger partial charge in [0, 0.05) is 11.8 Å². The fourth-order valence-electron chi connectivity index (χ4n) is 2.79. The number of nitrogens with one attached hydrogen (secondary N) is 1. The van der Waals surface area contributed by atoms with Gasteiger partial charge in [-0.05, 0) is 38.3 Å². The highest BCUT2D eigenvalue weighted by Gasteiger charge is 2.46. The maximum Gasteiger partial charge on any atom is 0.330 e. The molecule has 6 nitrogen and oxygen atoms in total. The Morgan fingerprint density at radius 1 is 1.53 bits per heavy atom. The number of nitrogens with zero attached hydrogens (tertiary/aromatic N) is 1. The van der Waals surface area contributed by atoms with Crippen LogP contribution in [0.2, 0.25) is 0 Å². The quantitative estimate of drug-likeness (QED) is 0.710. The number of aromatic nitrogens is 2. The van der Waals surface area contributed by atoms with Crippen molar-refractivity contribution in [2.75, 3.05) is 0 Å². The van der Waals surface area contributed by atoms with Gasteiger partial charge in [0.2, 0.25) is 0 Å². The standard InChI is InChI=1S/C13H16N2O4/c1-8-7-15(12(18)14-11(8)17)10-4-6-13(19-10)5-2-3-9(13)16/h4,6-7,9-10,16H,2-3,5H2,1H3,(H,14,17,18)/t9-,10+,13-/m0/s1. The first kappa shape index (κ1) is 12.4. The molecule has 2 aliphatic rings. The van der Waals surface area contributed by atoms with Crippen molar-refractivity contribution in [2.24, 2.45) is 0 Å². The predicted octanol–water partition coefficient (Wildman–Crippen LogP) is 0.214. The molecule has 0 bridgehead atoms. The Hall–Kier alpha value is -1.66. The summed E-state index contributed by atoms with van der Waals surface area (Å²) in [6.45, 7) is 1.63. The molecular formula is C13H16N2O4. The zero-order valence-corrected chi connectivity index (χ0v) is 10.6. The summed E-state index contributed by atoms with van der Waals surface area (Å²) in [5.74, 6) is 0. The lowest BCUT2D eigenvalue weighted by Gasteiger charge is -2.28. The number of hydrogen-bond acceptors (Lipinski definition) is 4. The van der Waals surface area contributed by atoms with Gasteiger partial charge in [0.15, 0.2) is 6.23 Å². The van der Waals surface area contributed by atoms with E-state index in [0.717, 1.165) is 12.8 Å². The number of aromatic amines is 1. The molecule has 3 atom stereocenters. The third kappa shape index (κ3) is 1.87. The van der Waals surface area contributed by atoms with Gasteiger partial charge in [-0.1, -0.05) is 0 Å². The number of aliphatic hydroxyl groups is 1. The summed E-state index contributed by atoms with van der Waals surface area (Å²) in [5.41, 5.74) is -1.12. The van der Waals surface area contributed by atoms with E-state index in [-0.39, 0.29) is 5.56 Å². The van der Waals surface area contributed by atoms with Gasteiger partial charge >= 0.3 is 5.69 Å². The van der Waals surface area contributed by atoms with Crippen LogP contribution in [-0.4, -0.2) is 26.4 Å². The SMILES string of the molecule is Cc1cn([C@H]2C=C[C@]3(CCC[C@@H]3O)O2)c(=O)[nH]c1=O. The number of rotatable bonds is 1. The second kappa shape index (κ2) is 4.18. The van der Waals surface area contributed by atoms with Crippen molar-refractivity contribution in [1.29, 1.82) is 0 Å². The lowest BCUT2D eigenvalue weighted by molar-refractivity contribution is -0.106. The molecule has 1 aromatic heterocycles. The van der Waals surface area contributed by atoms with Crippen molar-refractivity contribution in [3.63, 3.8) is 0 Å². The van der Waals surface area contributed by atoms with Gasteiger partial charge in [0.05, 0.1) is 6.10 Å². The van der Waals surface area contributed by atoms with E-state index in [9.17, 15) is 14.7 Å². The van der Waals surface area contributed by atoms with Crippen molar-refractivity contribution in [3.8, 4) is 0 Å². The largest absolute Gasteiger partial charge is 0.390 e. The van der Waals surface area contributed by atoms with Crippen molar-refractivity contribution in [3.05, 3.63) is 44.8 Å². The number of aliphatic hydroxyl groups excluding tert-OH is 1. The molecule has 102 valence electrons. The summed E-state index contributed by atoms with van der Waals surface area (Å²) in [4.78, 5) is 25.4. The molecule has 0 unspecified atom stereocenters. The van der Waals surface area contributed by atoms with E-state index in [1.54, 1.807) is 13.0 Å². The number of aryl methyl sites for hydroxylation is 1. The van der Waals surface area contributed by atoms with Crippen molar-refractivity contribution >= 4 is 0 Å². The molecule has 2 N–H and O–H groups in total. The monoisotopic (exact) mass is 264 g/mol. The minimum Gasteiger partial charge on any atom is -0.390 e. The molecule has 1 saturated carbocycles. The summed E-state index contributed by atoms with van der Waals surface area (Å²) in [7, 11) is 0. The molecule has 19 heavy (non-hydrogen) atoms. The normalized spacial score (nSPS) is 33.4. The van der Waals surface area contributed by atoms with Crippen LogP contribution in [-0.2, 0) is 4.74 Å². The molecule has 1 aliphatic carbocycles. The summed E-state index contributed by atoms with van der Waals surface area (Å²) in [6.07, 6.45) is 6.32. The fourth-order valence-corrected chi connectivity index (χ4v) is 2.79. The Bertz CT molecular complexity index is 645. The fraction of sp³-hybridized carbons (Fsp3) is 0.538. The summed E-state index contributed by atoms with van der Waals surface area (Å²) in [5, 5.41) is 9.99. The van der Waals surface area contributed by atoms with Gasteiger partial charge in [-0.2, -0.15) is 0 Å². The van der Waals surface area contributed by atoms with E-state index in [4.69, 9.17) is 4.74 Å². The van der Waals surface area contributed by atoms with Crippen LogP contribution in [0.4, 0.5) is 0 Å². The van der Waals surface area contributed by atoms with Crippen LogP contribution in [0, 0.1) is 6.92 Å². The second-order valence-electron chi connectivity index (χ2n) is 5.21. The third-order valence-electron chi connectivity index (χ3n) is 3.91. The molecule has 0 radical (unpaired) electrons. The van der Waals surface area contributed by atoms with Crippen LogP contribution < -0.4 is 11.2 Å². The minimum atomic E-state index is -0.672. The molecule has 0 amide bonds. The lowest BCUT2D eigenvalue weighted by atomic mass is 10.0. The van der Waals surface area contributed by atoms with Crippen LogP contribution in [0.5, 0.6) is 0 Å². The van der Waals surface area contributed by atoms with Crippen LogP contribution >= 0.6 is 0 Å². The zero-order valence-electron chi connectivity index (χ0n) is 10.6. The van der Waals surface area contributed by atoms with E-state index in [0.29, 0.717) is 12.0 Å². The van der Waals surface area contributed by atoms with Gasteiger partial charge in [-0.15, -0.1) is 0 Å². The lowest BCUT2D eigenvalue weighted by Crippen LogP contribution is -2.39. The maximum absolute atomic E-state index is 11.8. The highest BCUT2D eigenvalue weighted by Crippen LogP contribution is 2.41. The van der Waals surface area contributed by atoms with Crippen LogP contribution in [0.15, 0.2) is 27.9 Å². The Labute approximate surface area is 109 Å². The van der Waals surface area contributed by atoms with Crippen molar-refractivity contribution in [1.82, 2.24) is 9.55 Å². The molecule has 2 heterocycles. The molecule has 1 aliphatic heterocycles. The smallest absolute Gasteiger partial charge is 0.330 e.